The Morgan fingerprint density at radius 1 is 1.47 bits per heavy atom. The minimum Gasteiger partial charge on any atom is -0.393 e. The van der Waals surface area contributed by atoms with E-state index >= 15 is 0 Å². The molecule has 0 aliphatic carbocycles. The highest BCUT2D eigenvalue weighted by Crippen LogP contribution is 2.15. The van der Waals surface area contributed by atoms with Crippen LogP contribution in [0.2, 0.25) is 0 Å². The van der Waals surface area contributed by atoms with Gasteiger partial charge >= 0.3 is 0 Å². The van der Waals surface area contributed by atoms with Crippen molar-refractivity contribution >= 4 is 17.2 Å². The van der Waals surface area contributed by atoms with Crippen LogP contribution in [0, 0.1) is 0 Å². The molecular weight excluding hydrogens is 234 g/mol. The summed E-state index contributed by atoms with van der Waals surface area (Å²) in [7, 11) is 0. The van der Waals surface area contributed by atoms with E-state index in [0.717, 1.165) is 38.8 Å². The molecule has 0 unspecified atom stereocenters. The summed E-state index contributed by atoms with van der Waals surface area (Å²) in [6, 6.07) is 4.17. The van der Waals surface area contributed by atoms with E-state index in [-0.39, 0.29) is 12.0 Å². The lowest BCUT2D eigenvalue weighted by Crippen LogP contribution is -2.39. The number of piperidine rings is 1. The summed E-state index contributed by atoms with van der Waals surface area (Å²) < 4.78 is 0. The first-order chi connectivity index (χ1) is 8.25. The molecule has 0 bridgehead atoms. The number of nitrogens with zero attached hydrogens (tertiary/aromatic N) is 1. The first-order valence-corrected chi connectivity index (χ1v) is 7.12. The van der Waals surface area contributed by atoms with Crippen molar-refractivity contribution in [3.8, 4) is 0 Å². The van der Waals surface area contributed by atoms with Gasteiger partial charge in [-0.2, -0.15) is 0 Å². The SMILES string of the molecule is O=C(CCCc1cccs1)N1CCC(O)CC1. The third kappa shape index (κ3) is 3.82. The maximum Gasteiger partial charge on any atom is 0.222 e. The molecule has 2 rings (SSSR count). The Bertz CT molecular complexity index is 342. The van der Waals surface area contributed by atoms with Crippen molar-refractivity contribution in [1.29, 1.82) is 0 Å². The van der Waals surface area contributed by atoms with Crippen LogP contribution in [0.3, 0.4) is 0 Å². The third-order valence-corrected chi connectivity index (χ3v) is 4.15. The lowest BCUT2D eigenvalue weighted by molar-refractivity contribution is -0.133. The van der Waals surface area contributed by atoms with Crippen LogP contribution < -0.4 is 0 Å². The first kappa shape index (κ1) is 12.6. The summed E-state index contributed by atoms with van der Waals surface area (Å²) in [6.45, 7) is 1.44. The zero-order chi connectivity index (χ0) is 12.1. The van der Waals surface area contributed by atoms with Gasteiger partial charge in [0.2, 0.25) is 5.91 Å². The van der Waals surface area contributed by atoms with Crippen molar-refractivity contribution < 1.29 is 9.90 Å². The number of thiophene rings is 1. The van der Waals surface area contributed by atoms with Crippen molar-refractivity contribution in [2.45, 2.75) is 38.2 Å². The van der Waals surface area contributed by atoms with Gasteiger partial charge in [0.05, 0.1) is 6.10 Å². The minimum atomic E-state index is -0.204. The molecule has 0 saturated carbocycles. The van der Waals surface area contributed by atoms with Crippen molar-refractivity contribution in [1.82, 2.24) is 4.90 Å². The number of rotatable bonds is 4. The Morgan fingerprint density at radius 2 is 2.24 bits per heavy atom. The van der Waals surface area contributed by atoms with Gasteiger partial charge in [0, 0.05) is 24.4 Å². The molecule has 1 aliphatic heterocycles. The smallest absolute Gasteiger partial charge is 0.222 e. The number of aryl methyl sites for hydroxylation is 1. The van der Waals surface area contributed by atoms with Crippen LogP contribution in [0.5, 0.6) is 0 Å². The molecule has 0 radical (unpaired) electrons. The van der Waals surface area contributed by atoms with Gasteiger partial charge in [0.25, 0.3) is 0 Å². The highest BCUT2D eigenvalue weighted by molar-refractivity contribution is 7.09. The predicted molar refractivity (Wildman–Crippen MR) is 69.1 cm³/mol. The molecule has 1 amide bonds. The first-order valence-electron chi connectivity index (χ1n) is 6.24. The van der Waals surface area contributed by atoms with E-state index in [0.29, 0.717) is 6.42 Å². The quantitative estimate of drug-likeness (QED) is 0.892. The molecule has 0 spiro atoms. The second-order valence-electron chi connectivity index (χ2n) is 4.54. The maximum atomic E-state index is 11.9. The van der Waals surface area contributed by atoms with Gasteiger partial charge in [0.1, 0.15) is 0 Å². The highest BCUT2D eigenvalue weighted by Gasteiger charge is 2.20. The standard InChI is InChI=1S/C13H19NO2S/c15-11-6-8-14(9-7-11)13(16)5-1-3-12-4-2-10-17-12/h2,4,10-11,15H,1,3,5-9H2. The molecule has 1 fully saturated rings. The van der Waals surface area contributed by atoms with Crippen LogP contribution in [0.4, 0.5) is 0 Å². The Kier molecular flexibility index (Phi) is 4.57. The molecule has 94 valence electrons. The largest absolute Gasteiger partial charge is 0.393 e. The number of carbonyl (C=O) groups is 1. The number of amides is 1. The van der Waals surface area contributed by atoms with E-state index in [1.165, 1.54) is 4.88 Å². The van der Waals surface area contributed by atoms with Crippen molar-refractivity contribution in [2.24, 2.45) is 0 Å². The lowest BCUT2D eigenvalue weighted by atomic mass is 10.1. The Balaban J connectivity index is 1.67. The Hall–Kier alpha value is -0.870. The second kappa shape index (κ2) is 6.17. The molecule has 1 N–H and O–H groups in total. The molecule has 2 heterocycles. The fraction of sp³-hybridized carbons (Fsp3) is 0.615. The number of likely N-dealkylation sites (tertiary alicyclic amines) is 1. The molecule has 0 aromatic carbocycles. The van der Waals surface area contributed by atoms with Gasteiger partial charge in [-0.15, -0.1) is 11.3 Å². The van der Waals surface area contributed by atoms with E-state index in [1.807, 2.05) is 11.0 Å². The van der Waals surface area contributed by atoms with Gasteiger partial charge in [0.15, 0.2) is 0 Å². The van der Waals surface area contributed by atoms with Crippen molar-refractivity contribution in [3.63, 3.8) is 0 Å². The minimum absolute atomic E-state index is 0.204. The van der Waals surface area contributed by atoms with Crippen LogP contribution >= 0.6 is 11.3 Å². The Labute approximate surface area is 106 Å². The summed E-state index contributed by atoms with van der Waals surface area (Å²) >= 11 is 1.75. The molecular formula is C13H19NO2S. The number of aliphatic hydroxyl groups is 1. The molecule has 1 saturated heterocycles. The Morgan fingerprint density at radius 3 is 2.88 bits per heavy atom. The summed E-state index contributed by atoms with van der Waals surface area (Å²) in [4.78, 5) is 15.1. The monoisotopic (exact) mass is 253 g/mol. The van der Waals surface area contributed by atoms with Crippen molar-refractivity contribution in [3.05, 3.63) is 22.4 Å². The van der Waals surface area contributed by atoms with Crippen LogP contribution in [0.1, 0.15) is 30.6 Å². The highest BCUT2D eigenvalue weighted by atomic mass is 32.1. The van der Waals surface area contributed by atoms with E-state index in [2.05, 4.69) is 11.4 Å². The molecule has 1 aromatic rings. The normalized spacial score (nSPS) is 17.4. The van der Waals surface area contributed by atoms with Gasteiger partial charge in [-0.25, -0.2) is 0 Å². The fourth-order valence-electron chi connectivity index (χ4n) is 2.14. The molecule has 1 aliphatic rings. The third-order valence-electron chi connectivity index (χ3n) is 3.21. The number of aliphatic hydroxyl groups excluding tert-OH is 1. The average Bonchev–Trinajstić information content (AvgIpc) is 2.83. The van der Waals surface area contributed by atoms with Crippen LogP contribution in [-0.2, 0) is 11.2 Å². The molecule has 3 nitrogen and oxygen atoms in total. The second-order valence-corrected chi connectivity index (χ2v) is 5.58. The molecule has 0 atom stereocenters. The topological polar surface area (TPSA) is 40.5 Å². The number of hydrogen-bond acceptors (Lipinski definition) is 3. The van der Waals surface area contributed by atoms with Gasteiger partial charge in [-0.1, -0.05) is 6.07 Å². The summed E-state index contributed by atoms with van der Waals surface area (Å²) in [6.07, 6.45) is 3.82. The average molecular weight is 253 g/mol. The van der Waals surface area contributed by atoms with Crippen LogP contribution in [0.25, 0.3) is 0 Å². The summed E-state index contributed by atoms with van der Waals surface area (Å²) in [5, 5.41) is 11.4. The number of carbonyl (C=O) groups excluding carboxylic acids is 1. The predicted octanol–water partition coefficient (Wildman–Crippen LogP) is 2.05. The van der Waals surface area contributed by atoms with Crippen LogP contribution in [0.15, 0.2) is 17.5 Å². The van der Waals surface area contributed by atoms with E-state index in [9.17, 15) is 9.90 Å². The molecule has 4 heteroatoms. The van der Waals surface area contributed by atoms with E-state index < -0.39 is 0 Å². The van der Waals surface area contributed by atoms with E-state index in [1.54, 1.807) is 11.3 Å². The van der Waals surface area contributed by atoms with Gasteiger partial charge in [-0.05, 0) is 37.1 Å². The van der Waals surface area contributed by atoms with Gasteiger partial charge < -0.3 is 10.0 Å². The van der Waals surface area contributed by atoms with Crippen LogP contribution in [-0.4, -0.2) is 35.1 Å². The van der Waals surface area contributed by atoms with Gasteiger partial charge in [-0.3, -0.25) is 4.79 Å². The summed E-state index contributed by atoms with van der Waals surface area (Å²) in [5.74, 6) is 0.244. The number of hydrogen-bond donors (Lipinski definition) is 1. The summed E-state index contributed by atoms with van der Waals surface area (Å²) in [5.41, 5.74) is 0. The van der Waals surface area contributed by atoms with Crippen molar-refractivity contribution in [2.75, 3.05) is 13.1 Å². The van der Waals surface area contributed by atoms with E-state index in [4.69, 9.17) is 0 Å². The molecule has 17 heavy (non-hydrogen) atoms. The zero-order valence-electron chi connectivity index (χ0n) is 9.97. The maximum absolute atomic E-state index is 11.9. The lowest BCUT2D eigenvalue weighted by Gasteiger charge is -2.29. The fourth-order valence-corrected chi connectivity index (χ4v) is 2.89. The zero-order valence-corrected chi connectivity index (χ0v) is 10.8. The molecule has 1 aromatic heterocycles.